The van der Waals surface area contributed by atoms with Crippen molar-refractivity contribution in [3.05, 3.63) is 65.2 Å². The number of carbonyl (C=O) groups is 1. The zero-order valence-corrected chi connectivity index (χ0v) is 18.1. The molecule has 1 amide bonds. The molecule has 0 aliphatic carbocycles. The van der Waals surface area contributed by atoms with Gasteiger partial charge in [-0.15, -0.1) is 0 Å². The van der Waals surface area contributed by atoms with Gasteiger partial charge in [0.1, 0.15) is 11.3 Å². The summed E-state index contributed by atoms with van der Waals surface area (Å²) in [4.78, 5) is 21.6. The minimum Gasteiger partial charge on any atom is -0.337 e. The number of amides is 1. The first-order valence-corrected chi connectivity index (χ1v) is 10.6. The second-order valence-electron chi connectivity index (χ2n) is 8.50. The molecule has 0 saturated carbocycles. The summed E-state index contributed by atoms with van der Waals surface area (Å²) in [6.07, 6.45) is 1.02. The van der Waals surface area contributed by atoms with Gasteiger partial charge in [-0.1, -0.05) is 18.2 Å². The minimum absolute atomic E-state index is 0.0588. The van der Waals surface area contributed by atoms with Crippen molar-refractivity contribution in [1.29, 1.82) is 0 Å². The van der Waals surface area contributed by atoms with Crippen LogP contribution in [-0.2, 0) is 6.54 Å². The molecule has 6 heteroatoms. The van der Waals surface area contributed by atoms with Gasteiger partial charge in [-0.25, -0.2) is 9.37 Å². The van der Waals surface area contributed by atoms with Crippen molar-refractivity contribution in [2.45, 2.75) is 45.8 Å². The average molecular weight is 409 g/mol. The van der Waals surface area contributed by atoms with Crippen LogP contribution in [0.4, 0.5) is 4.39 Å². The molecule has 158 valence electrons. The van der Waals surface area contributed by atoms with E-state index in [1.54, 1.807) is 6.07 Å². The largest absolute Gasteiger partial charge is 0.337 e. The summed E-state index contributed by atoms with van der Waals surface area (Å²) in [5.41, 5.74) is 2.92. The summed E-state index contributed by atoms with van der Waals surface area (Å²) in [5.74, 6) is 0.524. The summed E-state index contributed by atoms with van der Waals surface area (Å²) < 4.78 is 16.0. The number of aromatic nitrogens is 2. The van der Waals surface area contributed by atoms with Crippen LogP contribution >= 0.6 is 0 Å². The Bertz CT molecular complexity index is 1060. The summed E-state index contributed by atoms with van der Waals surface area (Å²) in [6, 6.07) is 13.5. The van der Waals surface area contributed by atoms with Crippen molar-refractivity contribution in [2.75, 3.05) is 20.1 Å². The highest BCUT2D eigenvalue weighted by Crippen LogP contribution is 2.22. The van der Waals surface area contributed by atoms with Gasteiger partial charge in [0.05, 0.1) is 5.52 Å². The van der Waals surface area contributed by atoms with Crippen LogP contribution < -0.4 is 0 Å². The molecular weight excluding hydrogens is 379 g/mol. The van der Waals surface area contributed by atoms with Crippen LogP contribution in [0.15, 0.2) is 42.5 Å². The highest BCUT2D eigenvalue weighted by Gasteiger charge is 2.29. The number of halogens is 1. The highest BCUT2D eigenvalue weighted by atomic mass is 19.1. The smallest absolute Gasteiger partial charge is 0.253 e. The first-order chi connectivity index (χ1) is 14.3. The third-order valence-electron chi connectivity index (χ3n) is 6.26. The van der Waals surface area contributed by atoms with Gasteiger partial charge in [0.15, 0.2) is 5.82 Å². The van der Waals surface area contributed by atoms with Gasteiger partial charge in [-0.05, 0) is 57.0 Å². The number of aryl methyl sites for hydroxylation is 1. The number of imidazole rings is 1. The first-order valence-electron chi connectivity index (χ1n) is 10.6. The third-order valence-corrected chi connectivity index (χ3v) is 6.26. The summed E-state index contributed by atoms with van der Waals surface area (Å²) in [7, 11) is 1.90. The van der Waals surface area contributed by atoms with Crippen LogP contribution in [0.2, 0.25) is 0 Å². The second-order valence-corrected chi connectivity index (χ2v) is 8.50. The normalized spacial score (nSPS) is 17.2. The number of hydrogen-bond donors (Lipinski definition) is 0. The number of rotatable bonds is 5. The van der Waals surface area contributed by atoms with Crippen LogP contribution in [-0.4, -0.2) is 57.5 Å². The molecule has 2 heterocycles. The van der Waals surface area contributed by atoms with E-state index < -0.39 is 0 Å². The van der Waals surface area contributed by atoms with Crippen LogP contribution in [0.1, 0.15) is 42.0 Å². The van der Waals surface area contributed by atoms with Crippen molar-refractivity contribution in [3.63, 3.8) is 0 Å². The Labute approximate surface area is 177 Å². The summed E-state index contributed by atoms with van der Waals surface area (Å²) in [5, 5.41) is 0. The number of nitrogens with zero attached hydrogens (tertiary/aromatic N) is 4. The van der Waals surface area contributed by atoms with Gasteiger partial charge in [-0.2, -0.15) is 0 Å². The average Bonchev–Trinajstić information content (AvgIpc) is 3.34. The maximum atomic E-state index is 14.0. The minimum atomic E-state index is -0.304. The number of benzene rings is 2. The second kappa shape index (κ2) is 8.19. The lowest BCUT2D eigenvalue weighted by atomic mass is 10.1. The van der Waals surface area contributed by atoms with Crippen molar-refractivity contribution in [2.24, 2.45) is 0 Å². The van der Waals surface area contributed by atoms with Gasteiger partial charge in [0, 0.05) is 44.3 Å². The topological polar surface area (TPSA) is 41.4 Å². The molecule has 30 heavy (non-hydrogen) atoms. The SMILES string of the molecule is Cc1nc2c(F)cccc2n1Cc1ccc(C(=O)N(C)[C@@H]2CCN(C(C)C)C2)cc1. The van der Waals surface area contributed by atoms with Gasteiger partial charge in [0.2, 0.25) is 0 Å². The van der Waals surface area contributed by atoms with E-state index in [2.05, 4.69) is 23.7 Å². The molecule has 1 saturated heterocycles. The van der Waals surface area contributed by atoms with E-state index in [1.165, 1.54) is 6.07 Å². The van der Waals surface area contributed by atoms with Crippen LogP contribution in [0.5, 0.6) is 0 Å². The number of para-hydroxylation sites is 1. The van der Waals surface area contributed by atoms with E-state index in [-0.39, 0.29) is 17.8 Å². The standard InChI is InChI=1S/C24H29FN4O/c1-16(2)28-13-12-20(15-28)27(4)24(30)19-10-8-18(9-11-19)14-29-17(3)26-23-21(25)6-5-7-22(23)29/h5-11,16,20H,12-15H2,1-4H3/t20-/m1/s1. The van der Waals surface area contributed by atoms with Crippen LogP contribution in [0, 0.1) is 12.7 Å². The first kappa shape index (κ1) is 20.5. The van der Waals surface area contributed by atoms with Crippen LogP contribution in [0.3, 0.4) is 0 Å². The highest BCUT2D eigenvalue weighted by molar-refractivity contribution is 5.94. The number of carbonyl (C=O) groups excluding carboxylic acids is 1. The predicted molar refractivity (Wildman–Crippen MR) is 117 cm³/mol. The molecule has 3 aromatic rings. The van der Waals surface area contributed by atoms with Gasteiger partial charge < -0.3 is 9.47 Å². The molecule has 0 N–H and O–H groups in total. The quantitative estimate of drug-likeness (QED) is 0.639. The molecule has 2 aromatic carbocycles. The molecule has 1 fully saturated rings. The fraction of sp³-hybridized carbons (Fsp3) is 0.417. The van der Waals surface area contributed by atoms with Gasteiger partial charge in [0.25, 0.3) is 5.91 Å². The maximum Gasteiger partial charge on any atom is 0.253 e. The Kier molecular flexibility index (Phi) is 5.60. The molecule has 0 radical (unpaired) electrons. The molecule has 1 atom stereocenters. The fourth-order valence-corrected chi connectivity index (χ4v) is 4.29. The van der Waals surface area contributed by atoms with E-state index in [1.807, 2.05) is 53.8 Å². The molecule has 5 nitrogen and oxygen atoms in total. The molecule has 0 bridgehead atoms. The number of likely N-dealkylation sites (N-methyl/N-ethyl adjacent to an activating group) is 1. The van der Waals surface area contributed by atoms with E-state index in [9.17, 15) is 9.18 Å². The number of hydrogen-bond acceptors (Lipinski definition) is 3. The fourth-order valence-electron chi connectivity index (χ4n) is 4.29. The number of likely N-dealkylation sites (tertiary alicyclic amines) is 1. The van der Waals surface area contributed by atoms with Gasteiger partial charge in [-0.3, -0.25) is 9.69 Å². The van der Waals surface area contributed by atoms with Crippen molar-refractivity contribution >= 4 is 16.9 Å². The zero-order valence-electron chi connectivity index (χ0n) is 18.1. The Balaban J connectivity index is 1.48. The summed E-state index contributed by atoms with van der Waals surface area (Å²) in [6.45, 7) is 8.83. The lowest BCUT2D eigenvalue weighted by molar-refractivity contribution is 0.0732. The van der Waals surface area contributed by atoms with Crippen molar-refractivity contribution < 1.29 is 9.18 Å². The molecule has 0 unspecified atom stereocenters. The predicted octanol–water partition coefficient (Wildman–Crippen LogP) is 4.09. The van der Waals surface area contributed by atoms with Crippen molar-refractivity contribution in [3.8, 4) is 0 Å². The molecule has 4 rings (SSSR count). The van der Waals surface area contributed by atoms with E-state index in [0.717, 1.165) is 36.4 Å². The Morgan fingerprint density at radius 3 is 2.63 bits per heavy atom. The lowest BCUT2D eigenvalue weighted by Gasteiger charge is -2.26. The Hall–Kier alpha value is -2.73. The lowest BCUT2D eigenvalue weighted by Crippen LogP contribution is -2.40. The van der Waals surface area contributed by atoms with Crippen molar-refractivity contribution in [1.82, 2.24) is 19.4 Å². The molecule has 1 aliphatic heterocycles. The monoisotopic (exact) mass is 408 g/mol. The zero-order chi connectivity index (χ0) is 21.4. The molecule has 1 aromatic heterocycles. The van der Waals surface area contributed by atoms with Crippen LogP contribution in [0.25, 0.3) is 11.0 Å². The maximum absolute atomic E-state index is 14.0. The third kappa shape index (κ3) is 3.84. The summed E-state index contributed by atoms with van der Waals surface area (Å²) >= 11 is 0. The van der Waals surface area contributed by atoms with E-state index >= 15 is 0 Å². The van der Waals surface area contributed by atoms with Gasteiger partial charge >= 0.3 is 0 Å². The van der Waals surface area contributed by atoms with E-state index in [4.69, 9.17) is 0 Å². The number of fused-ring (bicyclic) bond motifs is 1. The molecule has 0 spiro atoms. The Morgan fingerprint density at radius 2 is 1.97 bits per heavy atom. The molecular formula is C24H29FN4O. The molecule has 1 aliphatic rings. The van der Waals surface area contributed by atoms with E-state index in [0.29, 0.717) is 23.7 Å². The Morgan fingerprint density at radius 1 is 1.23 bits per heavy atom.